The zero-order chi connectivity index (χ0) is 13.0. The van der Waals surface area contributed by atoms with Gasteiger partial charge in [0.2, 0.25) is 0 Å². The van der Waals surface area contributed by atoms with Crippen LogP contribution in [0.2, 0.25) is 0 Å². The van der Waals surface area contributed by atoms with Gasteiger partial charge in [-0.05, 0) is 30.2 Å². The smallest absolute Gasteiger partial charge is 0.335 e. The number of carboxylic acids is 1. The maximum Gasteiger partial charge on any atom is 0.335 e. The van der Waals surface area contributed by atoms with Gasteiger partial charge in [-0.3, -0.25) is 5.41 Å². The monoisotopic (exact) mass is 237 g/mol. The maximum absolute atomic E-state index is 10.9. The summed E-state index contributed by atoms with van der Waals surface area (Å²) in [6.07, 6.45) is 0.395. The predicted molar refractivity (Wildman–Crippen MR) is 63.3 cm³/mol. The Hall–Kier alpha value is -2.24. The van der Waals surface area contributed by atoms with Crippen LogP contribution in [-0.2, 0) is 6.42 Å². The van der Waals surface area contributed by atoms with E-state index in [2.05, 4.69) is 0 Å². The third-order valence-electron chi connectivity index (χ3n) is 2.45. The van der Waals surface area contributed by atoms with E-state index in [4.69, 9.17) is 16.2 Å². The summed E-state index contributed by atoms with van der Waals surface area (Å²) >= 11 is 0. The van der Waals surface area contributed by atoms with Gasteiger partial charge in [0.25, 0.3) is 0 Å². The van der Waals surface area contributed by atoms with Gasteiger partial charge >= 0.3 is 5.97 Å². The lowest BCUT2D eigenvalue weighted by atomic mass is 10.0. The lowest BCUT2D eigenvalue weighted by Gasteiger charge is -2.17. The summed E-state index contributed by atoms with van der Waals surface area (Å²) in [7, 11) is 1.64. The molecular formula is C11H15N3O3. The van der Waals surface area contributed by atoms with Gasteiger partial charge in [-0.25, -0.2) is 4.79 Å². The van der Waals surface area contributed by atoms with Crippen LogP contribution in [0, 0.1) is 5.41 Å². The average molecular weight is 237 g/mol. The zero-order valence-corrected chi connectivity index (χ0v) is 9.47. The fourth-order valence-corrected chi connectivity index (χ4v) is 1.40. The molecule has 17 heavy (non-hydrogen) atoms. The lowest BCUT2D eigenvalue weighted by Crippen LogP contribution is -2.34. The van der Waals surface area contributed by atoms with Crippen molar-refractivity contribution >= 4 is 11.9 Å². The molecule has 0 atom stereocenters. The molecule has 0 saturated heterocycles. The summed E-state index contributed by atoms with van der Waals surface area (Å²) in [4.78, 5) is 12.4. The summed E-state index contributed by atoms with van der Waals surface area (Å²) in [6, 6.07) is 4.11. The lowest BCUT2D eigenvalue weighted by molar-refractivity contribution is 0.0695. The van der Waals surface area contributed by atoms with E-state index >= 15 is 0 Å². The van der Waals surface area contributed by atoms with Crippen LogP contribution in [0.1, 0.15) is 15.9 Å². The number of phenolic OH excluding ortho intramolecular Hbond substituents is 1. The second-order valence-electron chi connectivity index (χ2n) is 3.70. The van der Waals surface area contributed by atoms with Crippen molar-refractivity contribution in [2.24, 2.45) is 5.73 Å². The number of aromatic carboxylic acids is 1. The molecule has 1 rings (SSSR count). The molecule has 0 spiro atoms. The summed E-state index contributed by atoms with van der Waals surface area (Å²) in [6.45, 7) is 0.416. The minimum absolute atomic E-state index is 0.0236. The molecule has 0 unspecified atom stereocenters. The van der Waals surface area contributed by atoms with Crippen molar-refractivity contribution < 1.29 is 15.0 Å². The largest absolute Gasteiger partial charge is 0.508 e. The molecule has 6 nitrogen and oxygen atoms in total. The number of phenols is 1. The number of aromatic hydroxyl groups is 1. The van der Waals surface area contributed by atoms with Gasteiger partial charge in [-0.15, -0.1) is 0 Å². The third-order valence-corrected chi connectivity index (χ3v) is 2.45. The summed E-state index contributed by atoms with van der Waals surface area (Å²) < 4.78 is 0. The summed E-state index contributed by atoms with van der Waals surface area (Å²) in [5, 5.41) is 25.5. The molecule has 0 amide bonds. The maximum atomic E-state index is 10.9. The van der Waals surface area contributed by atoms with Crippen LogP contribution in [0.15, 0.2) is 18.2 Å². The van der Waals surface area contributed by atoms with Crippen molar-refractivity contribution in [3.63, 3.8) is 0 Å². The fourth-order valence-electron chi connectivity index (χ4n) is 1.40. The van der Waals surface area contributed by atoms with E-state index in [0.29, 0.717) is 18.5 Å². The normalized spacial score (nSPS) is 9.94. The number of hydrogen-bond acceptors (Lipinski definition) is 3. The molecular weight excluding hydrogens is 222 g/mol. The van der Waals surface area contributed by atoms with Crippen molar-refractivity contribution in [2.75, 3.05) is 13.6 Å². The van der Waals surface area contributed by atoms with Crippen molar-refractivity contribution in [1.82, 2.24) is 4.90 Å². The number of carbonyl (C=O) groups is 1. The standard InChI is InChI=1S/C11H15N3O3/c1-14(11(12)13)5-4-7-6-8(15)2-3-9(7)10(16)17/h2-3,6,15H,4-5H2,1H3,(H3,12,13)(H,16,17). The quantitative estimate of drug-likeness (QED) is 0.449. The Labute approximate surface area is 98.8 Å². The first-order valence-electron chi connectivity index (χ1n) is 5.02. The Kier molecular flexibility index (Phi) is 3.92. The highest BCUT2D eigenvalue weighted by atomic mass is 16.4. The summed E-state index contributed by atoms with van der Waals surface area (Å²) in [5.41, 5.74) is 5.94. The number of nitrogens with zero attached hydrogens (tertiary/aromatic N) is 1. The topological polar surface area (TPSA) is 111 Å². The number of hydrogen-bond donors (Lipinski definition) is 4. The number of carboxylic acid groups (broad SMARTS) is 1. The Bertz CT molecular complexity index is 446. The molecule has 0 fully saturated rings. The van der Waals surface area contributed by atoms with E-state index in [9.17, 15) is 9.90 Å². The molecule has 0 bridgehead atoms. The Balaban J connectivity index is 2.85. The van der Waals surface area contributed by atoms with Crippen molar-refractivity contribution in [3.05, 3.63) is 29.3 Å². The highest BCUT2D eigenvalue weighted by molar-refractivity contribution is 5.89. The summed E-state index contributed by atoms with van der Waals surface area (Å²) in [5.74, 6) is -1.09. The van der Waals surface area contributed by atoms with Gasteiger partial charge in [0, 0.05) is 13.6 Å². The van der Waals surface area contributed by atoms with Crippen molar-refractivity contribution in [1.29, 1.82) is 5.41 Å². The van der Waals surface area contributed by atoms with Crippen LogP contribution < -0.4 is 5.73 Å². The second kappa shape index (κ2) is 5.20. The molecule has 1 aromatic rings. The van der Waals surface area contributed by atoms with Crippen molar-refractivity contribution in [3.8, 4) is 5.75 Å². The Morgan fingerprint density at radius 3 is 2.71 bits per heavy atom. The van der Waals surface area contributed by atoms with Crippen LogP contribution in [0.25, 0.3) is 0 Å². The molecule has 1 aromatic carbocycles. The average Bonchev–Trinajstić information content (AvgIpc) is 2.25. The van der Waals surface area contributed by atoms with Gasteiger partial charge < -0.3 is 20.8 Å². The highest BCUT2D eigenvalue weighted by Gasteiger charge is 2.11. The van der Waals surface area contributed by atoms with Crippen LogP contribution in [0.4, 0.5) is 0 Å². The first kappa shape index (κ1) is 12.8. The van der Waals surface area contributed by atoms with Gasteiger partial charge in [-0.1, -0.05) is 0 Å². The minimum atomic E-state index is -1.04. The second-order valence-corrected chi connectivity index (χ2v) is 3.70. The molecule has 0 aromatic heterocycles. The van der Waals surface area contributed by atoms with E-state index < -0.39 is 5.97 Å². The van der Waals surface area contributed by atoms with Crippen molar-refractivity contribution in [2.45, 2.75) is 6.42 Å². The van der Waals surface area contributed by atoms with Crippen LogP contribution in [0.5, 0.6) is 5.75 Å². The van der Waals surface area contributed by atoms with Gasteiger partial charge in [0.1, 0.15) is 5.75 Å². The predicted octanol–water partition coefficient (Wildman–Crippen LogP) is 0.458. The highest BCUT2D eigenvalue weighted by Crippen LogP contribution is 2.17. The number of guanidine groups is 1. The molecule has 0 saturated carbocycles. The first-order chi connectivity index (χ1) is 7.91. The van der Waals surface area contributed by atoms with Crippen LogP contribution >= 0.6 is 0 Å². The third kappa shape index (κ3) is 3.37. The molecule has 0 heterocycles. The molecule has 6 heteroatoms. The Morgan fingerprint density at radius 1 is 1.53 bits per heavy atom. The fraction of sp³-hybridized carbons (Fsp3) is 0.273. The van der Waals surface area contributed by atoms with Gasteiger partial charge in [-0.2, -0.15) is 0 Å². The van der Waals surface area contributed by atoms with E-state index in [1.807, 2.05) is 0 Å². The van der Waals surface area contributed by atoms with E-state index in [1.54, 1.807) is 7.05 Å². The molecule has 0 aliphatic rings. The SMILES string of the molecule is CN(CCc1cc(O)ccc1C(=O)O)C(=N)N. The molecule has 5 N–H and O–H groups in total. The van der Waals surface area contributed by atoms with E-state index in [0.717, 1.165) is 0 Å². The number of rotatable bonds is 4. The molecule has 0 radical (unpaired) electrons. The number of benzene rings is 1. The molecule has 0 aliphatic heterocycles. The van der Waals surface area contributed by atoms with Gasteiger partial charge in [0.05, 0.1) is 5.56 Å². The zero-order valence-electron chi connectivity index (χ0n) is 9.47. The minimum Gasteiger partial charge on any atom is -0.508 e. The van der Waals surface area contributed by atoms with Gasteiger partial charge in [0.15, 0.2) is 5.96 Å². The van der Waals surface area contributed by atoms with Crippen LogP contribution in [-0.4, -0.2) is 40.6 Å². The van der Waals surface area contributed by atoms with E-state index in [1.165, 1.54) is 23.1 Å². The molecule has 92 valence electrons. The number of likely N-dealkylation sites (N-methyl/N-ethyl adjacent to an activating group) is 1. The molecule has 0 aliphatic carbocycles. The van der Waals surface area contributed by atoms with Crippen LogP contribution in [0.3, 0.4) is 0 Å². The number of nitrogens with two attached hydrogens (primary N) is 1. The first-order valence-corrected chi connectivity index (χ1v) is 5.02. The Morgan fingerprint density at radius 2 is 2.18 bits per heavy atom. The van der Waals surface area contributed by atoms with E-state index in [-0.39, 0.29) is 17.3 Å². The number of nitrogens with one attached hydrogen (secondary N) is 1.